The second kappa shape index (κ2) is 10.5. The van der Waals surface area contributed by atoms with Gasteiger partial charge in [-0.05, 0) is 48.6 Å². The Kier molecular flexibility index (Phi) is 7.50. The molecule has 0 radical (unpaired) electrons. The molecule has 13 heteroatoms. The number of nitrogens with zero attached hydrogens (tertiary/aromatic N) is 5. The summed E-state index contributed by atoms with van der Waals surface area (Å²) in [6, 6.07) is 11.6. The van der Waals surface area contributed by atoms with Crippen molar-refractivity contribution in [3.05, 3.63) is 72.5 Å². The lowest BCUT2D eigenvalue weighted by Gasteiger charge is -2.52. The Balaban J connectivity index is 0.00000387. The maximum Gasteiger partial charge on any atom is 0.546 e. The number of Topliss-reactive ketones (excluding diaryl/α,β-unsaturated/α-hetero) is 1. The molecule has 0 fully saturated rings. The van der Waals surface area contributed by atoms with Crippen molar-refractivity contribution in [3.63, 3.8) is 0 Å². The molecular weight excluding hydrogens is 554 g/mol. The van der Waals surface area contributed by atoms with Gasteiger partial charge in [0.15, 0.2) is 5.69 Å². The minimum absolute atomic E-state index is 0. The fourth-order valence-electron chi connectivity index (χ4n) is 6.09. The van der Waals surface area contributed by atoms with Gasteiger partial charge in [0.05, 0.1) is 12.1 Å². The molecule has 0 spiro atoms. The number of carboxylic acid groups (broad SMARTS) is 3. The summed E-state index contributed by atoms with van der Waals surface area (Å²) in [6.45, 7) is 1.58. The van der Waals surface area contributed by atoms with Crippen molar-refractivity contribution in [2.24, 2.45) is 0 Å². The topological polar surface area (TPSA) is 142 Å². The summed E-state index contributed by atoms with van der Waals surface area (Å²) in [7, 11) is 3.73. The molecule has 0 aliphatic carbocycles. The summed E-state index contributed by atoms with van der Waals surface area (Å²) in [5.41, 5.74) is 0.105. The first-order chi connectivity index (χ1) is 19.0. The molecule has 2 aromatic rings. The molecule has 2 bridgehead atoms. The largest absolute Gasteiger partial charge is 1.00 e. The zero-order valence-electron chi connectivity index (χ0n) is 22.6. The van der Waals surface area contributed by atoms with E-state index in [1.165, 1.54) is 9.91 Å². The third-order valence-electron chi connectivity index (χ3n) is 7.75. The predicted molar refractivity (Wildman–Crippen MR) is 148 cm³/mol. The van der Waals surface area contributed by atoms with Crippen molar-refractivity contribution in [2.45, 2.75) is 31.6 Å². The minimum atomic E-state index is -1.85. The van der Waals surface area contributed by atoms with Gasteiger partial charge < -0.3 is 37.5 Å². The summed E-state index contributed by atoms with van der Waals surface area (Å²) in [5.74, 6) is -1.58. The fourth-order valence-corrected chi connectivity index (χ4v) is 6.09. The molecule has 3 unspecified atom stereocenters. The highest BCUT2D eigenvalue weighted by molar-refractivity contribution is 6.11. The number of allylic oxidation sites excluding steroid dienone is 2. The smallest absolute Gasteiger partial charge is 0.546 e. The molecule has 3 N–H and O–H groups in total. The molecule has 0 saturated carbocycles. The van der Waals surface area contributed by atoms with Gasteiger partial charge in [0.2, 0.25) is 17.6 Å². The molecule has 216 valence electrons. The van der Waals surface area contributed by atoms with Crippen LogP contribution in [-0.2, 0) is 4.79 Å². The van der Waals surface area contributed by atoms with Crippen LogP contribution in [0.4, 0.5) is 32.3 Å². The van der Waals surface area contributed by atoms with Gasteiger partial charge in [-0.25, -0.2) is 9.69 Å². The maximum atomic E-state index is 14.8. The molecule has 0 saturated heterocycles. The lowest BCUT2D eigenvalue weighted by atomic mass is 9.91. The molecule has 2 amide bonds. The van der Waals surface area contributed by atoms with E-state index in [4.69, 9.17) is 0 Å². The summed E-state index contributed by atoms with van der Waals surface area (Å²) in [5, 5.41) is 32.0. The molecule has 12 nitrogen and oxygen atoms in total. The SMILES string of the molecule is CCC1N(C(=O)O)c2ccc3cc2[N+]1(C(=O)O)N3C1(C(=O)c2ccc(N(C)C)cc2)C=CC=CN1CCC(=O)O.[Cl-]. The number of benzene rings is 2. The lowest BCUT2D eigenvalue weighted by molar-refractivity contribution is -0.137. The molecule has 3 heterocycles. The molecular formula is C28H30ClN5O7. The number of ketones is 1. The second-order valence-corrected chi connectivity index (χ2v) is 10.0. The van der Waals surface area contributed by atoms with Gasteiger partial charge in [-0.15, -0.1) is 0 Å². The van der Waals surface area contributed by atoms with Crippen LogP contribution in [0.5, 0.6) is 0 Å². The van der Waals surface area contributed by atoms with Crippen molar-refractivity contribution in [1.82, 2.24) is 9.49 Å². The molecule has 3 aliphatic rings. The summed E-state index contributed by atoms with van der Waals surface area (Å²) in [4.78, 5) is 56.7. The number of carbonyl (C=O) groups is 4. The number of hydrogen-bond donors (Lipinski definition) is 3. The molecule has 5 rings (SSSR count). The first-order valence-electron chi connectivity index (χ1n) is 12.8. The molecule has 3 atom stereocenters. The van der Waals surface area contributed by atoms with E-state index >= 15 is 0 Å². The number of quaternary nitrogens is 1. The van der Waals surface area contributed by atoms with Gasteiger partial charge in [-0.1, -0.05) is 17.6 Å². The Morgan fingerprint density at radius 2 is 1.68 bits per heavy atom. The van der Waals surface area contributed by atoms with E-state index in [0.717, 1.165) is 10.6 Å². The number of halogens is 1. The van der Waals surface area contributed by atoms with Gasteiger partial charge >= 0.3 is 18.2 Å². The average Bonchev–Trinajstić information content (AvgIpc) is 3.37. The van der Waals surface area contributed by atoms with E-state index in [1.54, 1.807) is 73.8 Å². The van der Waals surface area contributed by atoms with Crippen molar-refractivity contribution >= 4 is 46.7 Å². The van der Waals surface area contributed by atoms with Crippen LogP contribution in [0, 0.1) is 0 Å². The highest BCUT2D eigenvalue weighted by Gasteiger charge is 2.72. The zero-order chi connectivity index (χ0) is 29.0. The summed E-state index contributed by atoms with van der Waals surface area (Å²) < 4.78 is -0.982. The highest BCUT2D eigenvalue weighted by atomic mass is 35.5. The number of carbonyl (C=O) groups excluding carboxylic acids is 1. The van der Waals surface area contributed by atoms with Crippen LogP contribution in [0.25, 0.3) is 0 Å². The maximum absolute atomic E-state index is 14.8. The third kappa shape index (κ3) is 4.01. The third-order valence-corrected chi connectivity index (χ3v) is 7.75. The molecule has 3 aliphatic heterocycles. The van der Waals surface area contributed by atoms with Gasteiger partial charge in [-0.3, -0.25) is 9.59 Å². The standard InChI is InChI=1S/C28H29N5O7.ClH/c1-4-23-31(26(37)38)21-12-11-20-17-22(21)33(23,27(39)40)32(20)28(14-5-6-15-30(28)16-13-24(34)35)25(36)18-7-9-19(10-8-18)29(2)3;/h5-12,14-15,17,23H,4,13,16H2,1-3H3,(H2-,34,35,37,38,39,40);1H. The number of fused-ring (bicyclic) bond motifs is 1. The normalized spacial score (nSPS) is 23.4. The van der Waals surface area contributed by atoms with Crippen LogP contribution in [0.2, 0.25) is 0 Å². The van der Waals surface area contributed by atoms with E-state index < -0.39 is 40.4 Å². The fraction of sp³-hybridized carbons (Fsp3) is 0.286. The van der Waals surface area contributed by atoms with E-state index in [2.05, 4.69) is 0 Å². The van der Waals surface area contributed by atoms with E-state index in [1.807, 2.05) is 19.0 Å². The molecule has 41 heavy (non-hydrogen) atoms. The van der Waals surface area contributed by atoms with Crippen molar-refractivity contribution in [1.29, 1.82) is 0 Å². The summed E-state index contributed by atoms with van der Waals surface area (Å²) >= 11 is 0. The lowest BCUT2D eigenvalue weighted by Crippen LogP contribution is -3.00. The Labute approximate surface area is 242 Å². The quantitative estimate of drug-likeness (QED) is 0.306. The number of aliphatic carboxylic acids is 1. The second-order valence-electron chi connectivity index (χ2n) is 10.0. The van der Waals surface area contributed by atoms with Crippen LogP contribution in [0.3, 0.4) is 0 Å². The van der Waals surface area contributed by atoms with E-state index in [-0.39, 0.29) is 48.7 Å². The monoisotopic (exact) mass is 583 g/mol. The van der Waals surface area contributed by atoms with Gasteiger partial charge in [0, 0.05) is 50.6 Å². The summed E-state index contributed by atoms with van der Waals surface area (Å²) in [6.07, 6.45) is 2.39. The van der Waals surface area contributed by atoms with E-state index in [9.17, 15) is 34.5 Å². The van der Waals surface area contributed by atoms with Crippen LogP contribution in [0.1, 0.15) is 30.1 Å². The first-order valence-corrected chi connectivity index (χ1v) is 12.8. The number of anilines is 3. The van der Waals surface area contributed by atoms with Crippen LogP contribution < -0.4 is 31.8 Å². The van der Waals surface area contributed by atoms with Crippen molar-refractivity contribution < 1.29 is 46.9 Å². The van der Waals surface area contributed by atoms with Crippen LogP contribution >= 0.6 is 0 Å². The Bertz CT molecular complexity index is 1480. The van der Waals surface area contributed by atoms with Crippen molar-refractivity contribution in [2.75, 3.05) is 35.4 Å². The average molecular weight is 584 g/mol. The number of carboxylic acids is 1. The Morgan fingerprint density at radius 3 is 2.24 bits per heavy atom. The molecule has 2 aromatic carbocycles. The van der Waals surface area contributed by atoms with Crippen LogP contribution in [0.15, 0.2) is 66.9 Å². The Hall–Kier alpha value is -4.55. The first kappa shape index (κ1) is 29.4. The zero-order valence-corrected chi connectivity index (χ0v) is 23.4. The highest BCUT2D eigenvalue weighted by Crippen LogP contribution is 2.58. The molecule has 0 aromatic heterocycles. The van der Waals surface area contributed by atoms with Gasteiger partial charge in [0.25, 0.3) is 0 Å². The van der Waals surface area contributed by atoms with Gasteiger partial charge in [0.1, 0.15) is 5.69 Å². The minimum Gasteiger partial charge on any atom is -1.00 e. The van der Waals surface area contributed by atoms with Crippen LogP contribution in [-0.4, -0.2) is 76.6 Å². The van der Waals surface area contributed by atoms with E-state index in [0.29, 0.717) is 5.69 Å². The Morgan fingerprint density at radius 1 is 1.00 bits per heavy atom. The number of amides is 2. The van der Waals surface area contributed by atoms with Gasteiger partial charge in [-0.2, -0.15) is 9.80 Å². The number of hydrogen-bond acceptors (Lipinski definition) is 7. The van der Waals surface area contributed by atoms with Crippen molar-refractivity contribution in [3.8, 4) is 0 Å². The predicted octanol–water partition coefficient (Wildman–Crippen LogP) is 1.15. The number of rotatable bonds is 8.